The van der Waals surface area contributed by atoms with Crippen LogP contribution in [0.25, 0.3) is 5.70 Å². The molecule has 0 atom stereocenters. The minimum absolute atomic E-state index is 0.311. The number of rotatable bonds is 4. The van der Waals surface area contributed by atoms with Crippen LogP contribution < -0.4 is 11.5 Å². The van der Waals surface area contributed by atoms with Crippen molar-refractivity contribution in [1.29, 1.82) is 0 Å². The van der Waals surface area contributed by atoms with Gasteiger partial charge in [-0.1, -0.05) is 11.6 Å². The maximum absolute atomic E-state index is 5.88. The number of aliphatic imine (C=N–C) groups is 1. The third-order valence-corrected chi connectivity index (χ3v) is 2.93. The largest absolute Gasteiger partial charge is 0.398 e. The molecular weight excluding hydrogens is 236 g/mol. The van der Waals surface area contributed by atoms with Crippen LogP contribution in [0.4, 0.5) is 5.82 Å². The molecule has 1 aliphatic rings. The van der Waals surface area contributed by atoms with Crippen LogP contribution in [-0.2, 0) is 0 Å². The minimum atomic E-state index is 0.311. The van der Waals surface area contributed by atoms with Crippen LogP contribution in [0.1, 0.15) is 18.4 Å². The van der Waals surface area contributed by atoms with Gasteiger partial charge < -0.3 is 11.5 Å². The topological polar surface area (TPSA) is 77.3 Å². The van der Waals surface area contributed by atoms with Gasteiger partial charge in [0, 0.05) is 30.2 Å². The number of nitrogens with two attached hydrogens (primary N) is 2. The van der Waals surface area contributed by atoms with Gasteiger partial charge in [0.05, 0.1) is 5.02 Å². The van der Waals surface area contributed by atoms with Crippen molar-refractivity contribution < 1.29 is 0 Å². The summed E-state index contributed by atoms with van der Waals surface area (Å²) < 4.78 is 0. The van der Waals surface area contributed by atoms with E-state index in [1.54, 1.807) is 24.6 Å². The van der Waals surface area contributed by atoms with Gasteiger partial charge in [0.2, 0.25) is 0 Å². The molecule has 0 spiro atoms. The molecule has 2 rings (SSSR count). The van der Waals surface area contributed by atoms with Gasteiger partial charge >= 0.3 is 0 Å². The first-order chi connectivity index (χ1) is 8.16. The number of pyridine rings is 1. The van der Waals surface area contributed by atoms with Crippen molar-refractivity contribution in [3.8, 4) is 0 Å². The molecule has 5 heteroatoms. The van der Waals surface area contributed by atoms with E-state index in [9.17, 15) is 0 Å². The van der Waals surface area contributed by atoms with Gasteiger partial charge in [-0.05, 0) is 30.9 Å². The van der Waals surface area contributed by atoms with Crippen molar-refractivity contribution >= 4 is 29.3 Å². The summed E-state index contributed by atoms with van der Waals surface area (Å²) in [5.41, 5.74) is 12.7. The van der Waals surface area contributed by atoms with Gasteiger partial charge in [0.15, 0.2) is 0 Å². The van der Waals surface area contributed by atoms with E-state index < -0.39 is 0 Å². The predicted octanol–water partition coefficient (Wildman–Crippen LogP) is 2.10. The molecule has 0 unspecified atom stereocenters. The number of hydrogen-bond acceptors (Lipinski definition) is 4. The second-order valence-corrected chi connectivity index (χ2v) is 4.58. The lowest BCUT2D eigenvalue weighted by Crippen LogP contribution is -1.99. The second-order valence-electron chi connectivity index (χ2n) is 4.17. The lowest BCUT2D eigenvalue weighted by molar-refractivity contribution is 0.852. The van der Waals surface area contributed by atoms with Gasteiger partial charge in [0.1, 0.15) is 5.82 Å². The number of halogens is 1. The first-order valence-electron chi connectivity index (χ1n) is 5.54. The standard InChI is InChI=1S/C12H15ClN4/c13-10-5-9(7-17-12(10)15)11(14)3-4-16-6-8-1-2-8/h3-5,7-8H,1-2,6,14H2,(H2,15,17). The number of nitrogen functional groups attached to an aromatic ring is 1. The summed E-state index contributed by atoms with van der Waals surface area (Å²) in [5.74, 6) is 1.10. The molecule has 0 bridgehead atoms. The minimum Gasteiger partial charge on any atom is -0.398 e. The van der Waals surface area contributed by atoms with Crippen LogP contribution in [0.3, 0.4) is 0 Å². The van der Waals surface area contributed by atoms with Crippen molar-refractivity contribution in [2.45, 2.75) is 12.8 Å². The molecule has 0 aliphatic heterocycles. The fourth-order valence-corrected chi connectivity index (χ4v) is 1.51. The zero-order valence-electron chi connectivity index (χ0n) is 9.44. The van der Waals surface area contributed by atoms with Crippen LogP contribution in [0.15, 0.2) is 23.3 Å². The number of aromatic nitrogens is 1. The van der Waals surface area contributed by atoms with Crippen LogP contribution in [-0.4, -0.2) is 17.7 Å². The Kier molecular flexibility index (Phi) is 3.64. The highest BCUT2D eigenvalue weighted by molar-refractivity contribution is 6.32. The van der Waals surface area contributed by atoms with E-state index >= 15 is 0 Å². The summed E-state index contributed by atoms with van der Waals surface area (Å²) >= 11 is 5.87. The normalized spacial score (nSPS) is 16.6. The van der Waals surface area contributed by atoms with Crippen LogP contribution >= 0.6 is 11.6 Å². The van der Waals surface area contributed by atoms with Gasteiger partial charge in [-0.3, -0.25) is 4.99 Å². The molecule has 4 nitrogen and oxygen atoms in total. The summed E-state index contributed by atoms with van der Waals surface area (Å²) in [5, 5.41) is 0.411. The zero-order valence-corrected chi connectivity index (χ0v) is 10.2. The Bertz CT molecular complexity index is 464. The lowest BCUT2D eigenvalue weighted by atomic mass is 10.2. The summed E-state index contributed by atoms with van der Waals surface area (Å²) in [6, 6.07) is 1.70. The molecule has 0 saturated heterocycles. The van der Waals surface area contributed by atoms with E-state index in [-0.39, 0.29) is 0 Å². The number of allylic oxidation sites excluding steroid dienone is 1. The Morgan fingerprint density at radius 2 is 2.35 bits per heavy atom. The smallest absolute Gasteiger partial charge is 0.142 e. The third kappa shape index (κ3) is 3.46. The van der Waals surface area contributed by atoms with E-state index in [4.69, 9.17) is 23.1 Å². The molecule has 4 N–H and O–H groups in total. The van der Waals surface area contributed by atoms with Gasteiger partial charge in [-0.15, -0.1) is 0 Å². The fourth-order valence-electron chi connectivity index (χ4n) is 1.35. The molecule has 0 radical (unpaired) electrons. The predicted molar refractivity (Wildman–Crippen MR) is 71.9 cm³/mol. The Hall–Kier alpha value is -1.55. The van der Waals surface area contributed by atoms with Crippen molar-refractivity contribution in [1.82, 2.24) is 4.98 Å². The first kappa shape index (κ1) is 11.9. The number of nitrogens with zero attached hydrogens (tertiary/aromatic N) is 2. The van der Waals surface area contributed by atoms with Crippen molar-refractivity contribution in [3.05, 3.63) is 28.9 Å². The number of anilines is 1. The molecule has 1 aromatic heterocycles. The van der Waals surface area contributed by atoms with E-state index in [1.807, 2.05) is 0 Å². The first-order valence-corrected chi connectivity index (χ1v) is 5.91. The fraction of sp³-hybridized carbons (Fsp3) is 0.333. The van der Waals surface area contributed by atoms with Crippen molar-refractivity contribution in [2.24, 2.45) is 16.6 Å². The molecule has 1 fully saturated rings. The summed E-state index contributed by atoms with van der Waals surface area (Å²) in [6.07, 6.45) is 7.69. The van der Waals surface area contributed by atoms with E-state index in [0.29, 0.717) is 16.5 Å². The monoisotopic (exact) mass is 250 g/mol. The maximum atomic E-state index is 5.88. The highest BCUT2D eigenvalue weighted by atomic mass is 35.5. The van der Waals surface area contributed by atoms with Crippen molar-refractivity contribution in [2.75, 3.05) is 12.3 Å². The molecule has 17 heavy (non-hydrogen) atoms. The van der Waals surface area contributed by atoms with Gasteiger partial charge in [0.25, 0.3) is 0 Å². The lowest BCUT2D eigenvalue weighted by Gasteiger charge is -2.02. The molecule has 0 amide bonds. The Morgan fingerprint density at radius 3 is 3.00 bits per heavy atom. The average Bonchev–Trinajstić information content (AvgIpc) is 3.12. The quantitative estimate of drug-likeness (QED) is 0.804. The molecule has 0 aromatic carbocycles. The van der Waals surface area contributed by atoms with E-state index in [1.165, 1.54) is 12.8 Å². The Labute approximate surface area is 105 Å². The third-order valence-electron chi connectivity index (χ3n) is 2.62. The average molecular weight is 251 g/mol. The van der Waals surface area contributed by atoms with Gasteiger partial charge in [-0.25, -0.2) is 4.98 Å². The highest BCUT2D eigenvalue weighted by Gasteiger charge is 2.19. The van der Waals surface area contributed by atoms with Crippen LogP contribution in [0, 0.1) is 5.92 Å². The van der Waals surface area contributed by atoms with Crippen LogP contribution in [0.2, 0.25) is 5.02 Å². The highest BCUT2D eigenvalue weighted by Crippen LogP contribution is 2.28. The molecule has 1 aliphatic carbocycles. The SMILES string of the molecule is NC(=CC=NCC1CC1)c1cnc(N)c(Cl)c1. The van der Waals surface area contributed by atoms with Crippen LogP contribution in [0.5, 0.6) is 0 Å². The van der Waals surface area contributed by atoms with Gasteiger partial charge in [-0.2, -0.15) is 0 Å². The molecule has 1 heterocycles. The Balaban J connectivity index is 2.01. The molecule has 1 aromatic rings. The van der Waals surface area contributed by atoms with E-state index in [0.717, 1.165) is 18.0 Å². The zero-order chi connectivity index (χ0) is 12.3. The molecule has 1 saturated carbocycles. The summed E-state index contributed by atoms with van der Waals surface area (Å²) in [4.78, 5) is 8.23. The summed E-state index contributed by atoms with van der Waals surface area (Å²) in [7, 11) is 0. The summed E-state index contributed by atoms with van der Waals surface area (Å²) in [6.45, 7) is 0.893. The molecular formula is C12H15ClN4. The molecule has 90 valence electrons. The van der Waals surface area contributed by atoms with Crippen molar-refractivity contribution in [3.63, 3.8) is 0 Å². The second kappa shape index (κ2) is 5.19. The Morgan fingerprint density at radius 1 is 1.59 bits per heavy atom. The maximum Gasteiger partial charge on any atom is 0.142 e. The van der Waals surface area contributed by atoms with E-state index in [2.05, 4.69) is 9.98 Å². The number of hydrogen-bond donors (Lipinski definition) is 2.